The van der Waals surface area contributed by atoms with Crippen LogP contribution in [0.3, 0.4) is 0 Å². The highest BCUT2D eigenvalue weighted by Gasteiger charge is 2.11. The third-order valence-corrected chi connectivity index (χ3v) is 3.10. The summed E-state index contributed by atoms with van der Waals surface area (Å²) in [5.41, 5.74) is 1.59. The first-order chi connectivity index (χ1) is 9.19. The summed E-state index contributed by atoms with van der Waals surface area (Å²) in [5.74, 6) is 1.41. The molecule has 19 heavy (non-hydrogen) atoms. The quantitative estimate of drug-likeness (QED) is 0.674. The van der Waals surface area contributed by atoms with E-state index in [2.05, 4.69) is 15.1 Å². The number of halogens is 1. The minimum atomic E-state index is 0.419. The average Bonchev–Trinajstić information content (AvgIpc) is 2.83. The molecule has 0 fully saturated rings. The van der Waals surface area contributed by atoms with Crippen LogP contribution < -0.4 is 4.74 Å². The maximum atomic E-state index is 6.09. The number of rotatable bonds is 2. The summed E-state index contributed by atoms with van der Waals surface area (Å²) < 4.78 is 6.87. The van der Waals surface area contributed by atoms with Gasteiger partial charge in [0.1, 0.15) is 16.7 Å². The molecule has 3 aromatic rings. The van der Waals surface area contributed by atoms with Gasteiger partial charge in [-0.1, -0.05) is 11.6 Å². The molecule has 1 aromatic carbocycles. The smallest absolute Gasteiger partial charge is 0.168 e. The van der Waals surface area contributed by atoms with Gasteiger partial charge in [0, 0.05) is 0 Å². The van der Waals surface area contributed by atoms with Crippen LogP contribution in [-0.4, -0.2) is 26.9 Å². The molecule has 0 saturated heterocycles. The summed E-state index contributed by atoms with van der Waals surface area (Å²) in [6.07, 6.45) is 1.67. The maximum Gasteiger partial charge on any atom is 0.168 e. The third-order valence-electron chi connectivity index (χ3n) is 2.81. The summed E-state index contributed by atoms with van der Waals surface area (Å²) in [4.78, 5) is 8.51. The molecule has 0 aliphatic heterocycles. The molecule has 0 spiro atoms. The van der Waals surface area contributed by atoms with Crippen molar-refractivity contribution in [1.29, 1.82) is 0 Å². The van der Waals surface area contributed by atoms with Gasteiger partial charge in [-0.2, -0.15) is 5.10 Å². The second-order valence-corrected chi connectivity index (χ2v) is 4.41. The van der Waals surface area contributed by atoms with Gasteiger partial charge in [-0.3, -0.25) is 0 Å². The predicted molar refractivity (Wildman–Crippen MR) is 73.0 cm³/mol. The van der Waals surface area contributed by atoms with Gasteiger partial charge in [-0.05, 0) is 31.2 Å². The van der Waals surface area contributed by atoms with Crippen molar-refractivity contribution in [3.05, 3.63) is 41.4 Å². The van der Waals surface area contributed by atoms with E-state index in [9.17, 15) is 0 Å². The molecule has 96 valence electrons. The van der Waals surface area contributed by atoms with E-state index < -0.39 is 0 Å². The predicted octanol–water partition coefficient (Wildman–Crippen LogP) is 2.79. The lowest BCUT2D eigenvalue weighted by Gasteiger charge is -2.05. The number of hydrogen-bond donors (Lipinski definition) is 0. The van der Waals surface area contributed by atoms with Gasteiger partial charge in [0.2, 0.25) is 0 Å². The lowest BCUT2D eigenvalue weighted by molar-refractivity contribution is 0.414. The van der Waals surface area contributed by atoms with Gasteiger partial charge >= 0.3 is 0 Å². The van der Waals surface area contributed by atoms with E-state index >= 15 is 0 Å². The molecule has 0 unspecified atom stereocenters. The van der Waals surface area contributed by atoms with Crippen molar-refractivity contribution in [2.45, 2.75) is 6.92 Å². The zero-order chi connectivity index (χ0) is 13.4. The van der Waals surface area contributed by atoms with Crippen molar-refractivity contribution in [1.82, 2.24) is 19.7 Å². The van der Waals surface area contributed by atoms with Crippen LogP contribution in [-0.2, 0) is 0 Å². The lowest BCUT2D eigenvalue weighted by Crippen LogP contribution is -1.99. The average molecular weight is 275 g/mol. The van der Waals surface area contributed by atoms with Crippen molar-refractivity contribution < 1.29 is 4.74 Å². The molecule has 0 N–H and O–H groups in total. The van der Waals surface area contributed by atoms with E-state index in [1.807, 2.05) is 24.3 Å². The van der Waals surface area contributed by atoms with Gasteiger partial charge in [0.15, 0.2) is 5.65 Å². The number of aryl methyl sites for hydroxylation is 1. The molecular weight excluding hydrogens is 264 g/mol. The number of ether oxygens (including phenoxy) is 1. The van der Waals surface area contributed by atoms with Crippen molar-refractivity contribution in [2.24, 2.45) is 0 Å². The fourth-order valence-electron chi connectivity index (χ4n) is 1.89. The first-order valence-corrected chi connectivity index (χ1v) is 6.09. The normalized spacial score (nSPS) is 10.9. The van der Waals surface area contributed by atoms with E-state index in [-0.39, 0.29) is 0 Å². The Morgan fingerprint density at radius 1 is 1.16 bits per heavy atom. The van der Waals surface area contributed by atoms with Crippen molar-refractivity contribution >= 4 is 22.6 Å². The fraction of sp³-hybridized carbons (Fsp3) is 0.154. The zero-order valence-corrected chi connectivity index (χ0v) is 11.2. The first-order valence-electron chi connectivity index (χ1n) is 5.71. The monoisotopic (exact) mass is 274 g/mol. The number of nitrogens with zero attached hydrogens (tertiary/aromatic N) is 4. The Labute approximate surface area is 114 Å². The highest BCUT2D eigenvalue weighted by molar-refractivity contribution is 6.33. The number of hydrogen-bond acceptors (Lipinski definition) is 4. The second-order valence-electron chi connectivity index (χ2n) is 4.05. The summed E-state index contributed by atoms with van der Waals surface area (Å²) in [5, 5.41) is 5.47. The Morgan fingerprint density at radius 2 is 1.89 bits per heavy atom. The molecule has 2 heterocycles. The molecule has 0 atom stereocenters. The molecule has 0 amide bonds. The van der Waals surface area contributed by atoms with Crippen LogP contribution in [0, 0.1) is 6.92 Å². The van der Waals surface area contributed by atoms with Gasteiger partial charge < -0.3 is 4.74 Å². The van der Waals surface area contributed by atoms with Crippen LogP contribution in [0.5, 0.6) is 5.75 Å². The summed E-state index contributed by atoms with van der Waals surface area (Å²) in [7, 11) is 1.63. The molecule has 0 aliphatic carbocycles. The Kier molecular flexibility index (Phi) is 2.83. The van der Waals surface area contributed by atoms with Crippen LogP contribution in [0.4, 0.5) is 0 Å². The highest BCUT2D eigenvalue weighted by Crippen LogP contribution is 2.23. The van der Waals surface area contributed by atoms with Crippen molar-refractivity contribution in [3.63, 3.8) is 0 Å². The zero-order valence-electron chi connectivity index (χ0n) is 10.5. The highest BCUT2D eigenvalue weighted by atomic mass is 35.5. The molecule has 6 heteroatoms. The molecule has 5 nitrogen and oxygen atoms in total. The third kappa shape index (κ3) is 2.02. The summed E-state index contributed by atoms with van der Waals surface area (Å²) in [6.45, 7) is 1.80. The molecule has 3 rings (SSSR count). The van der Waals surface area contributed by atoms with Gasteiger partial charge in [0.25, 0.3) is 0 Å². The van der Waals surface area contributed by atoms with Gasteiger partial charge in [0.05, 0.1) is 24.4 Å². The molecule has 0 saturated carbocycles. The Balaban J connectivity index is 2.19. The SMILES string of the molecule is COc1ccc(-n2ncc3c(Cl)nc(C)nc32)cc1. The van der Waals surface area contributed by atoms with Gasteiger partial charge in [-0.15, -0.1) is 0 Å². The van der Waals surface area contributed by atoms with E-state index in [1.54, 1.807) is 24.9 Å². The lowest BCUT2D eigenvalue weighted by atomic mass is 10.3. The van der Waals surface area contributed by atoms with Crippen LogP contribution in [0.1, 0.15) is 5.82 Å². The fourth-order valence-corrected chi connectivity index (χ4v) is 2.14. The Morgan fingerprint density at radius 3 is 2.58 bits per heavy atom. The summed E-state index contributed by atoms with van der Waals surface area (Å²) in [6, 6.07) is 7.57. The maximum absolute atomic E-state index is 6.09. The number of benzene rings is 1. The molecule has 2 aromatic heterocycles. The van der Waals surface area contributed by atoms with E-state index in [0.717, 1.165) is 16.8 Å². The molecule has 0 radical (unpaired) electrons. The van der Waals surface area contributed by atoms with Crippen molar-refractivity contribution in [2.75, 3.05) is 7.11 Å². The Hall–Kier alpha value is -2.14. The van der Waals surface area contributed by atoms with Crippen LogP contribution >= 0.6 is 11.6 Å². The van der Waals surface area contributed by atoms with Crippen molar-refractivity contribution in [3.8, 4) is 11.4 Å². The summed E-state index contributed by atoms with van der Waals surface area (Å²) >= 11 is 6.09. The van der Waals surface area contributed by atoms with E-state index in [1.165, 1.54) is 0 Å². The molecular formula is C13H11ClN4O. The van der Waals surface area contributed by atoms with Crippen LogP contribution in [0.15, 0.2) is 30.5 Å². The first kappa shape index (κ1) is 11.9. The number of methoxy groups -OCH3 is 1. The minimum Gasteiger partial charge on any atom is -0.497 e. The van der Waals surface area contributed by atoms with E-state index in [0.29, 0.717) is 16.6 Å². The number of fused-ring (bicyclic) bond motifs is 1. The number of aromatic nitrogens is 4. The van der Waals surface area contributed by atoms with E-state index in [4.69, 9.17) is 16.3 Å². The van der Waals surface area contributed by atoms with Crippen LogP contribution in [0.2, 0.25) is 5.15 Å². The molecule has 0 aliphatic rings. The van der Waals surface area contributed by atoms with Gasteiger partial charge in [-0.25, -0.2) is 14.6 Å². The van der Waals surface area contributed by atoms with Crippen LogP contribution in [0.25, 0.3) is 16.7 Å². The standard InChI is InChI=1S/C13H11ClN4O/c1-8-16-12(14)11-7-15-18(13(11)17-8)9-3-5-10(19-2)6-4-9/h3-7H,1-2H3. The minimum absolute atomic E-state index is 0.419. The molecule has 0 bridgehead atoms. The Bertz CT molecular complexity index is 736. The topological polar surface area (TPSA) is 52.8 Å². The largest absolute Gasteiger partial charge is 0.497 e. The second kappa shape index (κ2) is 4.51.